The fourth-order valence-corrected chi connectivity index (χ4v) is 1.83. The first-order valence-electron chi connectivity index (χ1n) is 5.67. The zero-order valence-electron chi connectivity index (χ0n) is 9.87. The van der Waals surface area contributed by atoms with E-state index in [1.807, 2.05) is 36.4 Å². The summed E-state index contributed by atoms with van der Waals surface area (Å²) >= 11 is 0. The fourth-order valence-electron chi connectivity index (χ4n) is 1.83. The first-order chi connectivity index (χ1) is 8.69. The molecule has 0 aromatic heterocycles. The summed E-state index contributed by atoms with van der Waals surface area (Å²) in [5.41, 5.74) is 0.117. The molecule has 1 aliphatic heterocycles. The van der Waals surface area contributed by atoms with Crippen LogP contribution < -0.4 is 0 Å². The lowest BCUT2D eigenvalue weighted by atomic mass is 9.83. The topological polar surface area (TPSA) is 73.6 Å². The molecule has 0 aliphatic carbocycles. The van der Waals surface area contributed by atoms with E-state index in [0.717, 1.165) is 5.56 Å². The van der Waals surface area contributed by atoms with E-state index in [-0.39, 0.29) is 26.3 Å². The van der Waals surface area contributed by atoms with Gasteiger partial charge in [-0.05, 0) is 5.56 Å². The van der Waals surface area contributed by atoms with Gasteiger partial charge in [0.25, 0.3) is 0 Å². The summed E-state index contributed by atoms with van der Waals surface area (Å²) in [5, 5.41) is 17.9. The van der Waals surface area contributed by atoms with Crippen molar-refractivity contribution in [1.82, 2.24) is 4.90 Å². The van der Waals surface area contributed by atoms with Crippen LogP contribution in [0.2, 0.25) is 0 Å². The van der Waals surface area contributed by atoms with Gasteiger partial charge in [-0.25, -0.2) is 4.79 Å². The second kappa shape index (κ2) is 5.07. The van der Waals surface area contributed by atoms with Gasteiger partial charge < -0.3 is 14.7 Å². The Hall–Kier alpha value is -2.06. The first kappa shape index (κ1) is 12.4. The Kier molecular flexibility index (Phi) is 3.49. The van der Waals surface area contributed by atoms with Crippen molar-refractivity contribution in [3.05, 3.63) is 35.9 Å². The summed E-state index contributed by atoms with van der Waals surface area (Å²) in [7, 11) is 0. The normalized spacial score (nSPS) is 16.6. The van der Waals surface area contributed by atoms with E-state index < -0.39 is 11.5 Å². The molecule has 1 aromatic rings. The number of hydrogen-bond donors (Lipinski definition) is 1. The molecule has 0 radical (unpaired) electrons. The SMILES string of the molecule is N#CC1(CO)CN(C(=O)OCc2ccccc2)C1. The number of nitriles is 1. The third kappa shape index (κ3) is 2.44. The van der Waals surface area contributed by atoms with E-state index in [1.165, 1.54) is 4.90 Å². The van der Waals surface area contributed by atoms with E-state index in [9.17, 15) is 4.79 Å². The van der Waals surface area contributed by atoms with Crippen LogP contribution in [-0.4, -0.2) is 35.8 Å². The van der Waals surface area contributed by atoms with Gasteiger partial charge in [0.1, 0.15) is 12.0 Å². The molecule has 1 amide bonds. The van der Waals surface area contributed by atoms with Crippen LogP contribution in [0.15, 0.2) is 30.3 Å². The fraction of sp³-hybridized carbons (Fsp3) is 0.385. The van der Waals surface area contributed by atoms with E-state index in [2.05, 4.69) is 0 Å². The maximum atomic E-state index is 11.6. The third-order valence-electron chi connectivity index (χ3n) is 2.99. The highest BCUT2D eigenvalue weighted by molar-refractivity contribution is 5.69. The van der Waals surface area contributed by atoms with Gasteiger partial charge in [-0.15, -0.1) is 0 Å². The predicted molar refractivity (Wildman–Crippen MR) is 63.3 cm³/mol. The number of aliphatic hydroxyl groups is 1. The van der Waals surface area contributed by atoms with Gasteiger partial charge in [-0.3, -0.25) is 0 Å². The van der Waals surface area contributed by atoms with Crippen LogP contribution in [0.25, 0.3) is 0 Å². The van der Waals surface area contributed by atoms with E-state index in [4.69, 9.17) is 15.1 Å². The van der Waals surface area contributed by atoms with Crippen molar-refractivity contribution in [1.29, 1.82) is 5.26 Å². The number of benzene rings is 1. The van der Waals surface area contributed by atoms with Crippen molar-refractivity contribution in [3.8, 4) is 6.07 Å². The molecule has 94 valence electrons. The highest BCUT2D eigenvalue weighted by Crippen LogP contribution is 2.29. The molecule has 1 heterocycles. The zero-order valence-corrected chi connectivity index (χ0v) is 9.87. The monoisotopic (exact) mass is 246 g/mol. The average Bonchev–Trinajstić information content (AvgIpc) is 2.37. The molecule has 1 aromatic carbocycles. The lowest BCUT2D eigenvalue weighted by Crippen LogP contribution is -2.59. The smallest absolute Gasteiger partial charge is 0.410 e. The Labute approximate surface area is 105 Å². The van der Waals surface area contributed by atoms with Crippen LogP contribution in [0.5, 0.6) is 0 Å². The van der Waals surface area contributed by atoms with Gasteiger partial charge in [0.05, 0.1) is 12.7 Å². The van der Waals surface area contributed by atoms with Crippen LogP contribution in [0.4, 0.5) is 4.79 Å². The van der Waals surface area contributed by atoms with Gasteiger partial charge in [0, 0.05) is 13.1 Å². The Morgan fingerprint density at radius 1 is 1.44 bits per heavy atom. The zero-order chi connectivity index (χ0) is 13.0. The van der Waals surface area contributed by atoms with Crippen LogP contribution in [0.3, 0.4) is 0 Å². The van der Waals surface area contributed by atoms with E-state index in [1.54, 1.807) is 0 Å². The number of carbonyl (C=O) groups is 1. The molecule has 1 saturated heterocycles. The predicted octanol–water partition coefficient (Wildman–Crippen LogP) is 1.14. The molecular formula is C13H14N2O3. The third-order valence-corrected chi connectivity index (χ3v) is 2.99. The summed E-state index contributed by atoms with van der Waals surface area (Å²) in [6.07, 6.45) is -0.446. The largest absolute Gasteiger partial charge is 0.445 e. The van der Waals surface area contributed by atoms with Crippen molar-refractivity contribution in [2.45, 2.75) is 6.61 Å². The molecule has 0 spiro atoms. The number of hydrogen-bond acceptors (Lipinski definition) is 4. The second-order valence-electron chi connectivity index (χ2n) is 4.45. The lowest BCUT2D eigenvalue weighted by molar-refractivity contribution is -0.00452. The van der Waals surface area contributed by atoms with Crippen molar-refractivity contribution in [2.24, 2.45) is 5.41 Å². The summed E-state index contributed by atoms with van der Waals surface area (Å²) in [4.78, 5) is 13.0. The Morgan fingerprint density at radius 3 is 2.67 bits per heavy atom. The minimum Gasteiger partial charge on any atom is -0.445 e. The Balaban J connectivity index is 1.80. The molecule has 5 nitrogen and oxygen atoms in total. The number of aliphatic hydroxyl groups excluding tert-OH is 1. The standard InChI is InChI=1S/C13H14N2O3/c14-7-13(10-16)8-15(9-13)12(17)18-6-11-4-2-1-3-5-11/h1-5,16H,6,8-10H2. The molecule has 0 saturated carbocycles. The van der Waals surface area contributed by atoms with Crippen molar-refractivity contribution in [3.63, 3.8) is 0 Å². The quantitative estimate of drug-likeness (QED) is 0.868. The maximum absolute atomic E-state index is 11.6. The summed E-state index contributed by atoms with van der Waals surface area (Å²) < 4.78 is 5.11. The minimum absolute atomic E-state index is 0.217. The number of rotatable bonds is 3. The molecule has 1 aliphatic rings. The van der Waals surface area contributed by atoms with Crippen molar-refractivity contribution >= 4 is 6.09 Å². The number of likely N-dealkylation sites (tertiary alicyclic amines) is 1. The first-order valence-corrected chi connectivity index (χ1v) is 5.67. The Bertz CT molecular complexity index is 461. The molecule has 0 bridgehead atoms. The summed E-state index contributed by atoms with van der Waals surface area (Å²) in [5.74, 6) is 0. The van der Waals surface area contributed by atoms with Gasteiger partial charge in [0.15, 0.2) is 0 Å². The van der Waals surface area contributed by atoms with Crippen LogP contribution in [0.1, 0.15) is 5.56 Å². The summed E-state index contributed by atoms with van der Waals surface area (Å²) in [6, 6.07) is 11.4. The van der Waals surface area contributed by atoms with Crippen molar-refractivity contribution in [2.75, 3.05) is 19.7 Å². The number of amides is 1. The molecule has 1 N–H and O–H groups in total. The molecule has 18 heavy (non-hydrogen) atoms. The lowest BCUT2D eigenvalue weighted by Gasteiger charge is -2.43. The van der Waals surface area contributed by atoms with Gasteiger partial charge in [0.2, 0.25) is 0 Å². The van der Waals surface area contributed by atoms with E-state index >= 15 is 0 Å². The van der Waals surface area contributed by atoms with Crippen molar-refractivity contribution < 1.29 is 14.6 Å². The number of carbonyl (C=O) groups excluding carboxylic acids is 1. The van der Waals surface area contributed by atoms with Crippen LogP contribution >= 0.6 is 0 Å². The van der Waals surface area contributed by atoms with Gasteiger partial charge in [-0.1, -0.05) is 30.3 Å². The molecular weight excluding hydrogens is 232 g/mol. The molecule has 0 atom stereocenters. The molecule has 0 unspecified atom stereocenters. The second-order valence-corrected chi connectivity index (χ2v) is 4.45. The molecule has 1 fully saturated rings. The Morgan fingerprint density at radius 2 is 2.11 bits per heavy atom. The highest BCUT2D eigenvalue weighted by atomic mass is 16.6. The number of ether oxygens (including phenoxy) is 1. The van der Waals surface area contributed by atoms with Crippen LogP contribution in [0, 0.1) is 16.7 Å². The average molecular weight is 246 g/mol. The minimum atomic E-state index is -0.800. The summed E-state index contributed by atoms with van der Waals surface area (Å²) in [6.45, 7) is 0.446. The van der Waals surface area contributed by atoms with Gasteiger partial charge >= 0.3 is 6.09 Å². The highest BCUT2D eigenvalue weighted by Gasteiger charge is 2.46. The number of nitrogens with zero attached hydrogens (tertiary/aromatic N) is 2. The van der Waals surface area contributed by atoms with Gasteiger partial charge in [-0.2, -0.15) is 5.26 Å². The molecule has 5 heteroatoms. The van der Waals surface area contributed by atoms with Crippen LogP contribution in [-0.2, 0) is 11.3 Å². The van der Waals surface area contributed by atoms with E-state index in [0.29, 0.717) is 0 Å². The molecule has 2 rings (SSSR count). The maximum Gasteiger partial charge on any atom is 0.410 e.